The molecule has 0 aliphatic rings. The van der Waals surface area contributed by atoms with Crippen molar-refractivity contribution in [3.63, 3.8) is 0 Å². The SMILES string of the molecule is O=C(Cn1c2ccccc2c(=O)c2ccccc21)OCc1ccc(F)cc1Br. The van der Waals surface area contributed by atoms with Gasteiger partial charge in [-0.05, 0) is 36.4 Å². The predicted molar refractivity (Wildman–Crippen MR) is 110 cm³/mol. The minimum Gasteiger partial charge on any atom is -0.459 e. The van der Waals surface area contributed by atoms with Crippen LogP contribution in [-0.4, -0.2) is 10.5 Å². The molecule has 4 nitrogen and oxygen atoms in total. The Labute approximate surface area is 168 Å². The number of rotatable bonds is 4. The molecule has 1 heterocycles. The van der Waals surface area contributed by atoms with Crippen LogP contribution in [-0.2, 0) is 22.7 Å². The average Bonchev–Trinajstić information content (AvgIpc) is 2.70. The normalized spacial score (nSPS) is 11.1. The van der Waals surface area contributed by atoms with E-state index in [9.17, 15) is 14.0 Å². The van der Waals surface area contributed by atoms with Gasteiger partial charge in [0, 0.05) is 20.8 Å². The smallest absolute Gasteiger partial charge is 0.326 e. The molecular weight excluding hydrogens is 425 g/mol. The van der Waals surface area contributed by atoms with Gasteiger partial charge >= 0.3 is 5.97 Å². The molecule has 3 aromatic carbocycles. The number of para-hydroxylation sites is 2. The molecular formula is C22H15BrFNO3. The predicted octanol–water partition coefficient (Wildman–Crippen LogP) is 4.80. The van der Waals surface area contributed by atoms with E-state index < -0.39 is 5.97 Å². The first-order chi connectivity index (χ1) is 13.5. The van der Waals surface area contributed by atoms with Gasteiger partial charge in [-0.1, -0.05) is 46.3 Å². The largest absolute Gasteiger partial charge is 0.459 e. The number of benzene rings is 3. The van der Waals surface area contributed by atoms with Crippen molar-refractivity contribution in [2.24, 2.45) is 0 Å². The Kier molecular flexibility index (Phi) is 4.96. The van der Waals surface area contributed by atoms with E-state index in [2.05, 4.69) is 15.9 Å². The highest BCUT2D eigenvalue weighted by Gasteiger charge is 2.14. The van der Waals surface area contributed by atoms with E-state index in [0.717, 1.165) is 0 Å². The van der Waals surface area contributed by atoms with E-state index in [0.29, 0.717) is 31.8 Å². The Morgan fingerprint density at radius 3 is 2.18 bits per heavy atom. The summed E-state index contributed by atoms with van der Waals surface area (Å²) in [6.07, 6.45) is 0. The molecule has 0 atom stereocenters. The van der Waals surface area contributed by atoms with Crippen molar-refractivity contribution < 1.29 is 13.9 Å². The minimum atomic E-state index is -0.449. The number of fused-ring (bicyclic) bond motifs is 2. The van der Waals surface area contributed by atoms with Crippen LogP contribution in [0.25, 0.3) is 21.8 Å². The lowest BCUT2D eigenvalue weighted by molar-refractivity contribution is -0.145. The lowest BCUT2D eigenvalue weighted by Gasteiger charge is -2.15. The van der Waals surface area contributed by atoms with Crippen LogP contribution in [0.3, 0.4) is 0 Å². The van der Waals surface area contributed by atoms with Gasteiger partial charge in [0.05, 0.1) is 11.0 Å². The van der Waals surface area contributed by atoms with Crippen LogP contribution in [0.1, 0.15) is 5.56 Å². The fourth-order valence-corrected chi connectivity index (χ4v) is 3.68. The molecule has 0 N–H and O–H groups in total. The Hall–Kier alpha value is -2.99. The first kappa shape index (κ1) is 18.4. The molecule has 6 heteroatoms. The van der Waals surface area contributed by atoms with Gasteiger partial charge in [-0.25, -0.2) is 4.39 Å². The summed E-state index contributed by atoms with van der Waals surface area (Å²) in [5, 5.41) is 1.10. The van der Waals surface area contributed by atoms with E-state index in [4.69, 9.17) is 4.74 Å². The maximum absolute atomic E-state index is 13.2. The second-order valence-electron chi connectivity index (χ2n) is 6.35. The second-order valence-corrected chi connectivity index (χ2v) is 7.20. The lowest BCUT2D eigenvalue weighted by Crippen LogP contribution is -2.18. The van der Waals surface area contributed by atoms with Crippen LogP contribution in [0.15, 0.2) is 76.0 Å². The number of hydrogen-bond donors (Lipinski definition) is 0. The number of ether oxygens (including phenoxy) is 1. The molecule has 0 fully saturated rings. The van der Waals surface area contributed by atoms with Gasteiger partial charge in [0.25, 0.3) is 0 Å². The molecule has 0 aliphatic heterocycles. The molecule has 0 radical (unpaired) electrons. The number of aromatic nitrogens is 1. The van der Waals surface area contributed by atoms with Crippen molar-refractivity contribution in [1.29, 1.82) is 0 Å². The van der Waals surface area contributed by atoms with E-state index in [-0.39, 0.29) is 24.4 Å². The Morgan fingerprint density at radius 1 is 0.964 bits per heavy atom. The number of nitrogens with zero attached hydrogens (tertiary/aromatic N) is 1. The van der Waals surface area contributed by atoms with Gasteiger partial charge in [-0.3, -0.25) is 9.59 Å². The summed E-state index contributed by atoms with van der Waals surface area (Å²) in [5.74, 6) is -0.816. The molecule has 0 bridgehead atoms. The molecule has 4 rings (SSSR count). The maximum atomic E-state index is 13.2. The van der Waals surface area contributed by atoms with Crippen molar-refractivity contribution in [2.45, 2.75) is 13.2 Å². The Bertz CT molecular complexity index is 1210. The molecule has 0 amide bonds. The van der Waals surface area contributed by atoms with Gasteiger partial charge in [0.1, 0.15) is 19.0 Å². The molecule has 4 aromatic rings. The number of halogens is 2. The Balaban J connectivity index is 1.67. The van der Waals surface area contributed by atoms with Crippen LogP contribution in [0.2, 0.25) is 0 Å². The van der Waals surface area contributed by atoms with Crippen molar-refractivity contribution >= 4 is 43.7 Å². The zero-order valence-electron chi connectivity index (χ0n) is 14.7. The zero-order valence-corrected chi connectivity index (χ0v) is 16.3. The summed E-state index contributed by atoms with van der Waals surface area (Å²) >= 11 is 3.27. The van der Waals surface area contributed by atoms with E-state index in [1.165, 1.54) is 12.1 Å². The van der Waals surface area contributed by atoms with E-state index in [1.807, 2.05) is 24.3 Å². The second kappa shape index (κ2) is 7.56. The zero-order chi connectivity index (χ0) is 19.7. The highest BCUT2D eigenvalue weighted by atomic mass is 79.9. The minimum absolute atomic E-state index is 0.0236. The van der Waals surface area contributed by atoms with Gasteiger partial charge in [-0.2, -0.15) is 0 Å². The molecule has 0 saturated carbocycles. The maximum Gasteiger partial charge on any atom is 0.326 e. The van der Waals surface area contributed by atoms with Crippen molar-refractivity contribution in [3.05, 3.63) is 92.8 Å². The van der Waals surface area contributed by atoms with E-state index in [1.54, 1.807) is 34.9 Å². The highest BCUT2D eigenvalue weighted by Crippen LogP contribution is 2.21. The average molecular weight is 440 g/mol. The number of pyridine rings is 1. The van der Waals surface area contributed by atoms with Gasteiger partial charge in [0.15, 0.2) is 5.43 Å². The summed E-state index contributed by atoms with van der Waals surface area (Å²) in [7, 11) is 0. The number of hydrogen-bond acceptors (Lipinski definition) is 3. The van der Waals surface area contributed by atoms with Crippen LogP contribution in [0.5, 0.6) is 0 Å². The highest BCUT2D eigenvalue weighted by molar-refractivity contribution is 9.10. The van der Waals surface area contributed by atoms with Gasteiger partial charge < -0.3 is 9.30 Å². The third-order valence-electron chi connectivity index (χ3n) is 4.57. The number of esters is 1. The summed E-state index contributed by atoms with van der Waals surface area (Å²) < 4.78 is 20.9. The molecule has 28 heavy (non-hydrogen) atoms. The fourth-order valence-electron chi connectivity index (χ4n) is 3.22. The summed E-state index contributed by atoms with van der Waals surface area (Å²) in [6, 6.07) is 18.6. The molecule has 140 valence electrons. The monoisotopic (exact) mass is 439 g/mol. The summed E-state index contributed by atoms with van der Waals surface area (Å²) in [5.41, 5.74) is 1.95. The standard InChI is InChI=1S/C22H15BrFNO3/c23-18-11-15(24)10-9-14(18)13-28-21(26)12-25-19-7-3-1-5-16(19)22(27)17-6-2-4-8-20(17)25/h1-11H,12-13H2. The van der Waals surface area contributed by atoms with Crippen molar-refractivity contribution in [3.8, 4) is 0 Å². The molecule has 0 spiro atoms. The first-order valence-corrected chi connectivity index (χ1v) is 9.44. The van der Waals surface area contributed by atoms with Gasteiger partial charge in [-0.15, -0.1) is 0 Å². The quantitative estimate of drug-likeness (QED) is 0.339. The van der Waals surface area contributed by atoms with Crippen LogP contribution >= 0.6 is 15.9 Å². The fraction of sp³-hybridized carbons (Fsp3) is 0.0909. The first-order valence-electron chi connectivity index (χ1n) is 8.64. The summed E-state index contributed by atoms with van der Waals surface area (Å²) in [4.78, 5) is 25.3. The van der Waals surface area contributed by atoms with Crippen LogP contribution in [0.4, 0.5) is 4.39 Å². The lowest BCUT2D eigenvalue weighted by atomic mass is 10.1. The van der Waals surface area contributed by atoms with Gasteiger partial charge in [0.2, 0.25) is 0 Å². The third-order valence-corrected chi connectivity index (χ3v) is 5.31. The topological polar surface area (TPSA) is 48.3 Å². The molecule has 0 aliphatic carbocycles. The van der Waals surface area contributed by atoms with Crippen LogP contribution in [0, 0.1) is 5.82 Å². The molecule has 1 aromatic heterocycles. The number of carbonyl (C=O) groups is 1. The molecule has 0 saturated heterocycles. The van der Waals surface area contributed by atoms with E-state index >= 15 is 0 Å². The third kappa shape index (κ3) is 3.43. The molecule has 0 unspecified atom stereocenters. The Morgan fingerprint density at radius 2 is 1.57 bits per heavy atom. The van der Waals surface area contributed by atoms with Crippen molar-refractivity contribution in [1.82, 2.24) is 4.57 Å². The van der Waals surface area contributed by atoms with Crippen molar-refractivity contribution in [2.75, 3.05) is 0 Å². The summed E-state index contributed by atoms with van der Waals surface area (Å²) in [6.45, 7) is -0.0180. The number of carbonyl (C=O) groups excluding carboxylic acids is 1. The van der Waals surface area contributed by atoms with Crippen LogP contribution < -0.4 is 5.43 Å².